The van der Waals surface area contributed by atoms with Gasteiger partial charge in [0.15, 0.2) is 30.9 Å². The average Bonchev–Trinajstić information content (AvgIpc) is 1.00. The van der Waals surface area contributed by atoms with E-state index in [1.165, 1.54) is 19.1 Å². The molecule has 14 atom stereocenters. The van der Waals surface area contributed by atoms with Crippen LogP contribution in [0, 0.1) is 0 Å². The number of benzene rings is 1. The lowest BCUT2D eigenvalue weighted by Gasteiger charge is -2.50. The van der Waals surface area contributed by atoms with Gasteiger partial charge in [0.05, 0.1) is 35.9 Å². The number of nitrogens with one attached hydrogen (secondary N) is 6. The van der Waals surface area contributed by atoms with Crippen LogP contribution in [0.5, 0.6) is 0 Å². The highest BCUT2D eigenvalue weighted by atomic mass is 16.7. The molecule has 0 radical (unpaired) electrons. The van der Waals surface area contributed by atoms with Crippen LogP contribution in [0.1, 0.15) is 161 Å². The Balaban J connectivity index is 1.92. The molecule has 7 N–H and O–H groups in total. The van der Waals surface area contributed by atoms with E-state index in [-0.39, 0.29) is 37.9 Å². The van der Waals surface area contributed by atoms with Crippen LogP contribution in [0.3, 0.4) is 0 Å². The third kappa shape index (κ3) is 24.9. The maximum Gasteiger partial charge on any atom is 0.408 e. The van der Waals surface area contributed by atoms with E-state index in [9.17, 15) is 48.3 Å². The van der Waals surface area contributed by atoms with E-state index in [0.717, 1.165) is 13.8 Å². The first-order chi connectivity index (χ1) is 39.5. The molecule has 0 aromatic heterocycles. The molecule has 1 aromatic rings. The molecule has 2 heterocycles. The zero-order valence-electron chi connectivity index (χ0n) is 52.7. The van der Waals surface area contributed by atoms with Gasteiger partial charge in [0.25, 0.3) is 5.91 Å². The molecular weight excluding hydrogens is 1130 g/mol. The Bertz CT molecular complexity index is 2480. The third-order valence-corrected chi connectivity index (χ3v) is 12.3. The predicted molar refractivity (Wildman–Crippen MR) is 304 cm³/mol. The smallest absolute Gasteiger partial charge is 0.408 e. The summed E-state index contributed by atoms with van der Waals surface area (Å²) in [6.07, 6.45) is -20.7. The van der Waals surface area contributed by atoms with E-state index in [1.54, 1.807) is 122 Å². The summed E-state index contributed by atoms with van der Waals surface area (Å²) in [7, 11) is 0. The third-order valence-electron chi connectivity index (χ3n) is 12.3. The second-order valence-corrected chi connectivity index (χ2v) is 26.1. The molecule has 0 bridgehead atoms. The highest BCUT2D eigenvalue weighted by Gasteiger charge is 2.56. The number of hydrogen-bond acceptors (Lipinski definition) is 22. The lowest BCUT2D eigenvalue weighted by molar-refractivity contribution is -0.312. The number of esters is 3. The van der Waals surface area contributed by atoms with E-state index in [1.807, 2.05) is 0 Å². The highest BCUT2D eigenvalue weighted by molar-refractivity contribution is 5.89. The monoisotopic (exact) mass is 1220 g/mol. The minimum absolute atomic E-state index is 0.117. The molecule has 4 rings (SSSR count). The van der Waals surface area contributed by atoms with Crippen molar-refractivity contribution in [3.63, 3.8) is 0 Å². The predicted octanol–water partition coefficient (Wildman–Crippen LogP) is 5.46. The largest absolute Gasteiger partial charge is 0.455 e. The number of ether oxygens (including phenoxy) is 12. The van der Waals surface area contributed by atoms with E-state index >= 15 is 0 Å². The SMILES string of the molecule is CC(=O)OC1[C@@H](O[C@@H]2C(O)C(O[C@H]3OC(CNC(=O)OC(C)(C)C)CCC3NC(=O)OC(C)(C)C)[C@H](NC(=O)OC(C)(C)C)C[C@H]2NC(=O)[C@H](CCNC(=O)OC(C)(C)C)OC(C)=O)OC(C)[C@@H](OC(=O)c2ccccc2)[C@@H]1NC(=O)OC(C)(C)C. The molecule has 1 aliphatic carbocycles. The first-order valence-corrected chi connectivity index (χ1v) is 28.7. The zero-order valence-corrected chi connectivity index (χ0v) is 52.7. The quantitative estimate of drug-likeness (QED) is 0.0708. The van der Waals surface area contributed by atoms with Crippen LogP contribution in [-0.2, 0) is 71.2 Å². The van der Waals surface area contributed by atoms with Gasteiger partial charge < -0.3 is 93.8 Å². The van der Waals surface area contributed by atoms with E-state index in [2.05, 4.69) is 31.9 Å². The summed E-state index contributed by atoms with van der Waals surface area (Å²) < 4.78 is 71.3. The fourth-order valence-corrected chi connectivity index (χ4v) is 9.17. The lowest BCUT2D eigenvalue weighted by atomic mass is 9.83. The van der Waals surface area contributed by atoms with Gasteiger partial charge in [-0.25, -0.2) is 28.8 Å². The molecule has 28 nitrogen and oxygen atoms in total. The van der Waals surface area contributed by atoms with E-state index in [4.69, 9.17) is 56.8 Å². The van der Waals surface area contributed by atoms with Crippen molar-refractivity contribution >= 4 is 54.3 Å². The van der Waals surface area contributed by atoms with Crippen molar-refractivity contribution in [2.75, 3.05) is 13.1 Å². The topological polar surface area (TPSA) is 357 Å². The summed E-state index contributed by atoms with van der Waals surface area (Å²) in [6, 6.07) is 2.40. The average molecular weight is 1230 g/mol. The van der Waals surface area contributed by atoms with Gasteiger partial charge in [0.2, 0.25) is 0 Å². The van der Waals surface area contributed by atoms with Crippen LogP contribution in [0.25, 0.3) is 0 Å². The Morgan fingerprint density at radius 3 is 1.53 bits per heavy atom. The number of carbonyl (C=O) groups excluding carboxylic acids is 9. The lowest BCUT2D eigenvalue weighted by Crippen LogP contribution is -2.70. The summed E-state index contributed by atoms with van der Waals surface area (Å²) in [6.45, 7) is 27.8. The summed E-state index contributed by atoms with van der Waals surface area (Å²) in [5.41, 5.74) is -4.73. The number of rotatable bonds is 18. The van der Waals surface area contributed by atoms with Gasteiger partial charge in [-0.05, 0) is 142 Å². The summed E-state index contributed by atoms with van der Waals surface area (Å²) in [5, 5.41) is 29.2. The number of aliphatic hydroxyl groups excluding tert-OH is 1. The van der Waals surface area contributed by atoms with Crippen LogP contribution in [0.2, 0.25) is 0 Å². The first-order valence-electron chi connectivity index (χ1n) is 28.7. The Hall–Kier alpha value is -6.75. The minimum Gasteiger partial charge on any atom is -0.455 e. The van der Waals surface area contributed by atoms with Gasteiger partial charge in [-0.3, -0.25) is 14.4 Å². The molecule has 1 aromatic carbocycles. The Kier molecular flexibility index (Phi) is 25.2. The van der Waals surface area contributed by atoms with Crippen LogP contribution in [-0.4, -0.2) is 186 Å². The Morgan fingerprint density at radius 2 is 1.02 bits per heavy atom. The summed E-state index contributed by atoms with van der Waals surface area (Å²) in [5.74, 6) is -3.68. The molecule has 3 fully saturated rings. The molecule has 6 amide bonds. The van der Waals surface area contributed by atoms with Crippen molar-refractivity contribution in [3.8, 4) is 0 Å². The minimum atomic E-state index is -2.05. The summed E-state index contributed by atoms with van der Waals surface area (Å²) in [4.78, 5) is 121. The fraction of sp³-hybridized carbons (Fsp3) is 0.741. The number of aliphatic hydroxyl groups is 1. The Morgan fingerprint density at radius 1 is 0.547 bits per heavy atom. The van der Waals surface area contributed by atoms with Gasteiger partial charge in [0.1, 0.15) is 52.4 Å². The van der Waals surface area contributed by atoms with E-state index < -0.39 is 174 Å². The van der Waals surface area contributed by atoms with Crippen LogP contribution >= 0.6 is 0 Å². The van der Waals surface area contributed by atoms with Crippen molar-refractivity contribution in [2.24, 2.45) is 0 Å². The van der Waals surface area contributed by atoms with Crippen molar-refractivity contribution < 1.29 is 105 Å². The standard InChI is InChI=1S/C58H92N6O22/c1-30-41(79-46(69)33-22-20-19-21-23-33)39(64-53(74)86-58(16,17)18)44(77-32(3)66)48(75-30)81-42-36(61-45(68)38(76-31(2)65)26-27-59-49(70)82-54(4,5)6)28-37(63-52(73)85-57(13,14)15)43(40(42)67)80-47-35(62-51(72)84-56(10,11)12)25-24-34(78-47)29-60-50(71)83-55(7,8)9/h19-23,30,34-44,47-48,67H,24-29H2,1-18H3,(H,59,70)(H,60,71)(H,61,68)(H,62,72)(H,63,73)(H,64,74)/t30?,34?,35?,36-,37-,38+,39+,40?,41-,42+,43?,44?,47-,48-/m1/s1. The molecule has 28 heteroatoms. The molecule has 86 heavy (non-hydrogen) atoms. The maximum absolute atomic E-state index is 14.7. The van der Waals surface area contributed by atoms with Crippen molar-refractivity contribution in [3.05, 3.63) is 35.9 Å². The van der Waals surface area contributed by atoms with Gasteiger partial charge in [-0.1, -0.05) is 18.2 Å². The molecule has 1 saturated carbocycles. The van der Waals surface area contributed by atoms with Gasteiger partial charge in [-0.2, -0.15) is 0 Å². The van der Waals surface area contributed by atoms with Gasteiger partial charge in [-0.15, -0.1) is 0 Å². The normalized spacial score (nSPS) is 26.6. The van der Waals surface area contributed by atoms with Gasteiger partial charge in [0, 0.05) is 33.4 Å². The molecule has 2 saturated heterocycles. The van der Waals surface area contributed by atoms with Crippen LogP contribution in [0.4, 0.5) is 24.0 Å². The van der Waals surface area contributed by atoms with Crippen LogP contribution < -0.4 is 31.9 Å². The first kappa shape index (κ1) is 71.7. The molecule has 3 aliphatic rings. The molecule has 486 valence electrons. The second-order valence-electron chi connectivity index (χ2n) is 26.1. The number of carbonyl (C=O) groups is 9. The second kappa shape index (κ2) is 30.2. The van der Waals surface area contributed by atoms with Crippen molar-refractivity contribution in [1.82, 2.24) is 31.9 Å². The maximum atomic E-state index is 14.7. The molecule has 0 spiro atoms. The summed E-state index contributed by atoms with van der Waals surface area (Å²) >= 11 is 0. The molecule has 6 unspecified atom stereocenters. The van der Waals surface area contributed by atoms with Gasteiger partial charge >= 0.3 is 48.4 Å². The Labute approximate surface area is 502 Å². The van der Waals surface area contributed by atoms with E-state index in [0.29, 0.717) is 0 Å². The molecular formula is C58H92N6O22. The highest BCUT2D eigenvalue weighted by Crippen LogP contribution is 2.35. The number of hydrogen-bond donors (Lipinski definition) is 7. The van der Waals surface area contributed by atoms with Crippen molar-refractivity contribution in [1.29, 1.82) is 0 Å². The van der Waals surface area contributed by atoms with Crippen molar-refractivity contribution in [2.45, 2.75) is 264 Å². The zero-order chi connectivity index (χ0) is 64.9. The number of alkyl carbamates (subject to hydrolysis) is 5. The number of amides is 6. The van der Waals surface area contributed by atoms with Crippen LogP contribution in [0.15, 0.2) is 30.3 Å². The fourth-order valence-electron chi connectivity index (χ4n) is 9.17. The molecule has 2 aliphatic heterocycles.